The molecule has 4 heteroatoms. The Kier molecular flexibility index (Phi) is 5.18. The van der Waals surface area contributed by atoms with Crippen molar-refractivity contribution in [2.45, 2.75) is 45.6 Å². The average molecular weight is 279 g/mol. The molecule has 1 aromatic carbocycles. The second kappa shape index (κ2) is 6.24. The van der Waals surface area contributed by atoms with Gasteiger partial charge in [-0.3, -0.25) is 9.59 Å². The highest BCUT2D eigenvalue weighted by atomic mass is 32.2. The molecule has 0 heterocycles. The van der Waals surface area contributed by atoms with E-state index in [9.17, 15) is 9.59 Å². The Labute approximate surface area is 119 Å². The predicted molar refractivity (Wildman–Crippen MR) is 80.6 cm³/mol. The molecule has 1 amide bonds. The van der Waals surface area contributed by atoms with Crippen molar-refractivity contribution in [3.63, 3.8) is 0 Å². The number of aryl methyl sites for hydroxylation is 2. The monoisotopic (exact) mass is 279 g/mol. The van der Waals surface area contributed by atoms with Crippen LogP contribution in [0.4, 0.5) is 0 Å². The van der Waals surface area contributed by atoms with Gasteiger partial charge >= 0.3 is 0 Å². The van der Waals surface area contributed by atoms with Crippen LogP contribution in [-0.2, 0) is 10.5 Å². The fourth-order valence-corrected chi connectivity index (χ4v) is 3.31. The number of Topliss-reactive ketones (excluding diaryl/α,β-unsaturated/α-hetero) is 1. The van der Waals surface area contributed by atoms with Gasteiger partial charge in [0.2, 0.25) is 5.91 Å². The Morgan fingerprint density at radius 3 is 2.32 bits per heavy atom. The zero-order valence-electron chi connectivity index (χ0n) is 12.2. The van der Waals surface area contributed by atoms with Crippen molar-refractivity contribution in [2.75, 3.05) is 0 Å². The van der Waals surface area contributed by atoms with E-state index < -0.39 is 0 Å². The molecule has 2 N–H and O–H groups in total. The first kappa shape index (κ1) is 15.8. The van der Waals surface area contributed by atoms with Crippen LogP contribution >= 0.6 is 11.8 Å². The lowest BCUT2D eigenvalue weighted by atomic mass is 9.92. The highest BCUT2D eigenvalue weighted by Gasteiger charge is 2.16. The van der Waals surface area contributed by atoms with E-state index in [2.05, 4.69) is 0 Å². The number of benzene rings is 1. The van der Waals surface area contributed by atoms with Gasteiger partial charge in [0.15, 0.2) is 5.78 Å². The second-order valence-electron chi connectivity index (χ2n) is 4.90. The van der Waals surface area contributed by atoms with Crippen LogP contribution in [-0.4, -0.2) is 16.9 Å². The molecule has 0 aromatic heterocycles. The molecule has 1 aromatic rings. The first-order valence-corrected chi connectivity index (χ1v) is 7.32. The highest BCUT2D eigenvalue weighted by Crippen LogP contribution is 2.27. The lowest BCUT2D eigenvalue weighted by Gasteiger charge is -2.16. The summed E-state index contributed by atoms with van der Waals surface area (Å²) < 4.78 is 0. The van der Waals surface area contributed by atoms with Crippen LogP contribution in [0.1, 0.15) is 46.5 Å². The Morgan fingerprint density at radius 1 is 1.26 bits per heavy atom. The highest BCUT2D eigenvalue weighted by molar-refractivity contribution is 7.99. The molecule has 0 aliphatic carbocycles. The first-order chi connectivity index (χ1) is 8.75. The van der Waals surface area contributed by atoms with Gasteiger partial charge in [-0.05, 0) is 56.9 Å². The number of nitrogens with two attached hydrogens (primary N) is 1. The molecular formula is C15H21NO2S. The molecule has 0 aliphatic heterocycles. The van der Waals surface area contributed by atoms with Crippen LogP contribution in [0.3, 0.4) is 0 Å². The lowest BCUT2D eigenvalue weighted by Crippen LogP contribution is -2.22. The molecule has 0 unspecified atom stereocenters. The van der Waals surface area contributed by atoms with Crippen LogP contribution in [0.2, 0.25) is 0 Å². The summed E-state index contributed by atoms with van der Waals surface area (Å²) in [6, 6.07) is 2.04. The Morgan fingerprint density at radius 2 is 1.84 bits per heavy atom. The third kappa shape index (κ3) is 3.60. The zero-order valence-corrected chi connectivity index (χ0v) is 13.0. The normalized spacial score (nSPS) is 12.3. The maximum atomic E-state index is 11.7. The summed E-state index contributed by atoms with van der Waals surface area (Å²) in [5.74, 6) is 0.478. The molecule has 0 saturated carbocycles. The van der Waals surface area contributed by atoms with E-state index in [1.54, 1.807) is 13.8 Å². The van der Waals surface area contributed by atoms with E-state index in [4.69, 9.17) is 5.73 Å². The van der Waals surface area contributed by atoms with Gasteiger partial charge in [0.25, 0.3) is 0 Å². The van der Waals surface area contributed by atoms with E-state index in [0.29, 0.717) is 5.75 Å². The maximum Gasteiger partial charge on any atom is 0.230 e. The first-order valence-electron chi connectivity index (χ1n) is 6.27. The van der Waals surface area contributed by atoms with E-state index in [0.717, 1.165) is 27.8 Å². The third-order valence-electron chi connectivity index (χ3n) is 3.36. The molecule has 0 saturated heterocycles. The number of amides is 1. The van der Waals surface area contributed by atoms with Crippen LogP contribution in [0.25, 0.3) is 0 Å². The van der Waals surface area contributed by atoms with Crippen LogP contribution < -0.4 is 5.73 Å². The Bertz CT molecular complexity index is 523. The largest absolute Gasteiger partial charge is 0.369 e. The fourth-order valence-electron chi connectivity index (χ4n) is 2.28. The molecule has 1 rings (SSSR count). The topological polar surface area (TPSA) is 60.2 Å². The van der Waals surface area contributed by atoms with Crippen molar-refractivity contribution >= 4 is 23.5 Å². The Balaban J connectivity index is 3.11. The standard InChI is InChI=1S/C15H21NO2S/c1-8-6-9(2)14(11(4)17)10(3)13(8)7-19-12(5)15(16)18/h6,12H,7H2,1-5H3,(H2,16,18)/t12-/m0/s1. The van der Waals surface area contributed by atoms with Crippen molar-refractivity contribution in [3.8, 4) is 0 Å². The Hall–Kier alpha value is -1.29. The molecular weight excluding hydrogens is 258 g/mol. The number of carbonyl (C=O) groups excluding carboxylic acids is 2. The van der Waals surface area contributed by atoms with E-state index in [1.807, 2.05) is 26.8 Å². The molecule has 104 valence electrons. The molecule has 0 aliphatic rings. The van der Waals surface area contributed by atoms with Crippen molar-refractivity contribution < 1.29 is 9.59 Å². The molecule has 3 nitrogen and oxygen atoms in total. The fraction of sp³-hybridized carbons (Fsp3) is 0.467. The second-order valence-corrected chi connectivity index (χ2v) is 6.23. The smallest absolute Gasteiger partial charge is 0.230 e. The summed E-state index contributed by atoms with van der Waals surface area (Å²) >= 11 is 1.51. The van der Waals surface area contributed by atoms with Gasteiger partial charge in [0, 0.05) is 11.3 Å². The summed E-state index contributed by atoms with van der Waals surface area (Å²) in [5.41, 5.74) is 10.4. The molecule has 0 spiro atoms. The number of hydrogen-bond donors (Lipinski definition) is 1. The van der Waals surface area contributed by atoms with Crippen LogP contribution in [0.15, 0.2) is 6.07 Å². The summed E-state index contributed by atoms with van der Waals surface area (Å²) in [5, 5.41) is -0.221. The van der Waals surface area contributed by atoms with Crippen LogP contribution in [0, 0.1) is 20.8 Å². The van der Waals surface area contributed by atoms with Gasteiger partial charge in [-0.2, -0.15) is 0 Å². The van der Waals surface area contributed by atoms with Gasteiger partial charge in [0.1, 0.15) is 0 Å². The quantitative estimate of drug-likeness (QED) is 0.843. The number of carbonyl (C=O) groups is 2. The molecule has 0 radical (unpaired) electrons. The number of primary amides is 1. The third-order valence-corrected chi connectivity index (χ3v) is 4.55. The zero-order chi connectivity index (χ0) is 14.7. The minimum atomic E-state index is -0.306. The van der Waals surface area contributed by atoms with Gasteiger partial charge in [-0.15, -0.1) is 11.8 Å². The lowest BCUT2D eigenvalue weighted by molar-refractivity contribution is -0.117. The maximum absolute atomic E-state index is 11.7. The average Bonchev–Trinajstić information content (AvgIpc) is 2.26. The van der Waals surface area contributed by atoms with Crippen molar-refractivity contribution in [1.82, 2.24) is 0 Å². The van der Waals surface area contributed by atoms with Crippen molar-refractivity contribution in [1.29, 1.82) is 0 Å². The number of hydrogen-bond acceptors (Lipinski definition) is 3. The van der Waals surface area contributed by atoms with Gasteiger partial charge in [-0.25, -0.2) is 0 Å². The van der Waals surface area contributed by atoms with Crippen LogP contribution in [0.5, 0.6) is 0 Å². The van der Waals surface area contributed by atoms with Crippen molar-refractivity contribution in [3.05, 3.63) is 33.9 Å². The van der Waals surface area contributed by atoms with E-state index in [-0.39, 0.29) is 16.9 Å². The number of thioether (sulfide) groups is 1. The summed E-state index contributed by atoms with van der Waals surface area (Å²) in [6.45, 7) is 9.36. The minimum absolute atomic E-state index is 0.0872. The predicted octanol–water partition coefficient (Wildman–Crippen LogP) is 2.92. The molecule has 19 heavy (non-hydrogen) atoms. The van der Waals surface area contributed by atoms with Gasteiger partial charge in [-0.1, -0.05) is 6.07 Å². The SMILES string of the molecule is CC(=O)c1c(C)cc(C)c(CS[C@@H](C)C(N)=O)c1C. The van der Waals surface area contributed by atoms with E-state index >= 15 is 0 Å². The van der Waals surface area contributed by atoms with Gasteiger partial charge < -0.3 is 5.73 Å². The van der Waals surface area contributed by atoms with Crippen molar-refractivity contribution in [2.24, 2.45) is 5.73 Å². The number of rotatable bonds is 5. The van der Waals surface area contributed by atoms with Gasteiger partial charge in [0.05, 0.1) is 5.25 Å². The molecule has 0 bridgehead atoms. The summed E-state index contributed by atoms with van der Waals surface area (Å²) in [4.78, 5) is 22.8. The number of ketones is 1. The minimum Gasteiger partial charge on any atom is -0.369 e. The molecule has 1 atom stereocenters. The summed E-state index contributed by atoms with van der Waals surface area (Å²) in [7, 11) is 0. The van der Waals surface area contributed by atoms with E-state index in [1.165, 1.54) is 11.8 Å². The summed E-state index contributed by atoms with van der Waals surface area (Å²) in [6.07, 6.45) is 0. The molecule has 0 fully saturated rings.